The number of rotatable bonds is 2. The van der Waals surface area contributed by atoms with Crippen molar-refractivity contribution in [2.24, 2.45) is 0 Å². The zero-order valence-electron chi connectivity index (χ0n) is 6.64. The van der Waals surface area contributed by atoms with Crippen molar-refractivity contribution < 1.29 is 13.5 Å². The molecule has 0 atom stereocenters. The van der Waals surface area contributed by atoms with E-state index in [-0.39, 0.29) is 4.34 Å². The predicted molar refractivity (Wildman–Crippen MR) is 45.9 cm³/mol. The molecule has 6 heteroatoms. The molecule has 12 heavy (non-hydrogen) atoms. The molecule has 0 aromatic carbocycles. The number of thiol groups is 1. The van der Waals surface area contributed by atoms with Crippen molar-refractivity contribution in [1.82, 2.24) is 4.98 Å². The highest BCUT2D eigenvalue weighted by Crippen LogP contribution is 2.25. The fourth-order valence-corrected chi connectivity index (χ4v) is 2.03. The molecule has 4 nitrogen and oxygen atoms in total. The van der Waals surface area contributed by atoms with Gasteiger partial charge in [-0.2, -0.15) is 0 Å². The van der Waals surface area contributed by atoms with Crippen LogP contribution in [-0.2, 0) is 16.3 Å². The first kappa shape index (κ1) is 9.63. The van der Waals surface area contributed by atoms with Crippen LogP contribution in [0.15, 0.2) is 10.5 Å². The molecule has 0 amide bonds. The van der Waals surface area contributed by atoms with Gasteiger partial charge < -0.3 is 5.11 Å². The monoisotopic (exact) mass is 207 g/mol. The summed E-state index contributed by atoms with van der Waals surface area (Å²) >= 11 is 0.991. The third-order valence-electron chi connectivity index (χ3n) is 1.25. The summed E-state index contributed by atoms with van der Waals surface area (Å²) in [6, 6.07) is 0. The molecule has 0 radical (unpaired) electrons. The third kappa shape index (κ3) is 2.02. The maximum absolute atomic E-state index is 10.4. The molecule has 0 fully saturated rings. The van der Waals surface area contributed by atoms with E-state index in [4.69, 9.17) is 0 Å². The van der Waals surface area contributed by atoms with Crippen LogP contribution in [-0.4, -0.2) is 18.5 Å². The summed E-state index contributed by atoms with van der Waals surface area (Å²) in [5, 5.41) is 9.46. The first-order valence-corrected chi connectivity index (χ1v) is 5.24. The average molecular weight is 207 g/mol. The quantitative estimate of drug-likeness (QED) is 0.686. The topological polar surface area (TPSA) is 67.3 Å². The normalized spacial score (nSPS) is 12.3. The number of hydrogen-bond donors (Lipinski definition) is 2. The van der Waals surface area contributed by atoms with Gasteiger partial charge in [-0.05, 0) is 13.8 Å². The van der Waals surface area contributed by atoms with Crippen LogP contribution in [0.1, 0.15) is 18.7 Å². The minimum atomic E-state index is -2.63. The van der Waals surface area contributed by atoms with E-state index in [0.29, 0.717) is 4.88 Å². The van der Waals surface area contributed by atoms with Crippen molar-refractivity contribution in [3.63, 3.8) is 0 Å². The second kappa shape index (κ2) is 3.12. The standard InChI is InChI=1S/C6H9NO3S2/c1-6(2,8)4-3-7-5(11-4)12(9)10/h3,8,12H,1-2H3. The molecule has 1 heterocycles. The highest BCUT2D eigenvalue weighted by atomic mass is 32.2. The van der Waals surface area contributed by atoms with E-state index >= 15 is 0 Å². The SMILES string of the molecule is CC(C)(O)c1cnc([SH](=O)=O)s1. The molecule has 1 aromatic heterocycles. The number of nitrogens with zero attached hydrogens (tertiary/aromatic N) is 1. The summed E-state index contributed by atoms with van der Waals surface area (Å²) in [5.74, 6) is 0. The van der Waals surface area contributed by atoms with Crippen molar-refractivity contribution in [1.29, 1.82) is 0 Å². The van der Waals surface area contributed by atoms with Gasteiger partial charge in [0, 0.05) is 6.20 Å². The maximum atomic E-state index is 10.4. The van der Waals surface area contributed by atoms with Gasteiger partial charge >= 0.3 is 0 Å². The number of hydrogen-bond acceptors (Lipinski definition) is 5. The largest absolute Gasteiger partial charge is 0.385 e. The van der Waals surface area contributed by atoms with Crippen LogP contribution < -0.4 is 0 Å². The minimum absolute atomic E-state index is 0.0436. The molecular formula is C6H9NO3S2. The van der Waals surface area contributed by atoms with E-state index < -0.39 is 16.3 Å². The Labute approximate surface area is 75.8 Å². The first-order chi connectivity index (χ1) is 5.41. The summed E-state index contributed by atoms with van der Waals surface area (Å²) in [7, 11) is -2.63. The molecule has 0 spiro atoms. The van der Waals surface area contributed by atoms with Crippen molar-refractivity contribution in [2.45, 2.75) is 23.8 Å². The van der Waals surface area contributed by atoms with Gasteiger partial charge in [0.25, 0.3) is 0 Å². The molecule has 0 saturated heterocycles. The Bertz CT molecular complexity index is 340. The second-order valence-electron chi connectivity index (χ2n) is 2.82. The van der Waals surface area contributed by atoms with Crippen LogP contribution in [0.3, 0.4) is 0 Å². The Balaban J connectivity index is 3.08. The fraction of sp³-hybridized carbons (Fsp3) is 0.500. The molecule has 0 aliphatic rings. The van der Waals surface area contributed by atoms with Gasteiger partial charge in [0.2, 0.25) is 4.34 Å². The van der Waals surface area contributed by atoms with Gasteiger partial charge in [-0.15, -0.1) is 11.3 Å². The van der Waals surface area contributed by atoms with Gasteiger partial charge in [0.05, 0.1) is 10.5 Å². The van der Waals surface area contributed by atoms with Crippen molar-refractivity contribution >= 4 is 22.0 Å². The summed E-state index contributed by atoms with van der Waals surface area (Å²) in [4.78, 5) is 4.20. The smallest absolute Gasteiger partial charge is 0.206 e. The molecule has 1 N–H and O–H groups in total. The summed E-state index contributed by atoms with van der Waals surface area (Å²) in [6.07, 6.45) is 1.38. The molecule has 0 aliphatic carbocycles. The van der Waals surface area contributed by atoms with E-state index in [2.05, 4.69) is 4.98 Å². The Kier molecular flexibility index (Phi) is 2.50. The molecule has 68 valence electrons. The molecule has 1 aromatic rings. The van der Waals surface area contributed by atoms with Gasteiger partial charge in [0.15, 0.2) is 10.7 Å². The minimum Gasteiger partial charge on any atom is -0.385 e. The summed E-state index contributed by atoms with van der Waals surface area (Å²) in [5.41, 5.74) is -1.01. The van der Waals surface area contributed by atoms with Gasteiger partial charge in [0.1, 0.15) is 0 Å². The van der Waals surface area contributed by atoms with Gasteiger partial charge in [-0.25, -0.2) is 13.4 Å². The Morgan fingerprint density at radius 1 is 1.58 bits per heavy atom. The summed E-state index contributed by atoms with van der Waals surface area (Å²) in [6.45, 7) is 3.17. The number of aliphatic hydroxyl groups is 1. The van der Waals surface area contributed by atoms with Crippen LogP contribution in [0.4, 0.5) is 0 Å². The highest BCUT2D eigenvalue weighted by Gasteiger charge is 2.19. The molecule has 0 aliphatic heterocycles. The first-order valence-electron chi connectivity index (χ1n) is 3.24. The van der Waals surface area contributed by atoms with E-state index in [1.54, 1.807) is 13.8 Å². The molecule has 0 unspecified atom stereocenters. The average Bonchev–Trinajstić information content (AvgIpc) is 2.30. The van der Waals surface area contributed by atoms with Crippen LogP contribution in [0.25, 0.3) is 0 Å². The third-order valence-corrected chi connectivity index (χ3v) is 3.51. The van der Waals surface area contributed by atoms with Crippen LogP contribution >= 0.6 is 11.3 Å². The molecule has 1 rings (SSSR count). The zero-order chi connectivity index (χ0) is 9.35. The van der Waals surface area contributed by atoms with Crippen molar-refractivity contribution in [3.05, 3.63) is 11.1 Å². The Hall–Kier alpha value is -0.460. The van der Waals surface area contributed by atoms with E-state index in [9.17, 15) is 13.5 Å². The Morgan fingerprint density at radius 3 is 2.42 bits per heavy atom. The molecule has 0 bridgehead atoms. The molecular weight excluding hydrogens is 198 g/mol. The molecule has 0 saturated carbocycles. The van der Waals surface area contributed by atoms with Crippen molar-refractivity contribution in [2.75, 3.05) is 0 Å². The van der Waals surface area contributed by atoms with Crippen LogP contribution in [0.5, 0.6) is 0 Å². The van der Waals surface area contributed by atoms with Gasteiger partial charge in [-0.3, -0.25) is 0 Å². The lowest BCUT2D eigenvalue weighted by Crippen LogP contribution is -2.12. The van der Waals surface area contributed by atoms with Crippen molar-refractivity contribution in [3.8, 4) is 0 Å². The van der Waals surface area contributed by atoms with E-state index in [1.807, 2.05) is 0 Å². The highest BCUT2D eigenvalue weighted by molar-refractivity contribution is 7.75. The lowest BCUT2D eigenvalue weighted by Gasteiger charge is -2.12. The van der Waals surface area contributed by atoms with E-state index in [1.165, 1.54) is 6.20 Å². The maximum Gasteiger partial charge on any atom is 0.206 e. The second-order valence-corrected chi connectivity index (χ2v) is 5.09. The Morgan fingerprint density at radius 2 is 2.17 bits per heavy atom. The van der Waals surface area contributed by atoms with Crippen LogP contribution in [0.2, 0.25) is 0 Å². The number of aromatic nitrogens is 1. The lowest BCUT2D eigenvalue weighted by atomic mass is 10.1. The van der Waals surface area contributed by atoms with E-state index in [0.717, 1.165) is 11.3 Å². The number of thiazole rings is 1. The van der Waals surface area contributed by atoms with Crippen LogP contribution in [0, 0.1) is 0 Å². The van der Waals surface area contributed by atoms with Gasteiger partial charge in [-0.1, -0.05) is 0 Å². The predicted octanol–water partition coefficient (Wildman–Crippen LogP) is 0.341. The summed E-state index contributed by atoms with van der Waals surface area (Å²) < 4.78 is 20.9. The zero-order valence-corrected chi connectivity index (χ0v) is 8.35. The lowest BCUT2D eigenvalue weighted by molar-refractivity contribution is 0.0823. The fourth-order valence-electron chi connectivity index (χ4n) is 0.632.